The molecule has 2 rings (SSSR count). The molecule has 1 atom stereocenters. The average molecular weight is 385 g/mol. The standard InChI is InChI=1S/C13H7BrCl4/c14-7-1-3-9(11(16)5-7)13(18)10-4-2-8(15)6-12(10)17/h1-6,13H. The van der Waals surface area contributed by atoms with E-state index >= 15 is 0 Å². The first-order valence-corrected chi connectivity index (χ1v) is 7.39. The summed E-state index contributed by atoms with van der Waals surface area (Å²) in [5, 5.41) is 1.29. The Morgan fingerprint density at radius 2 is 1.39 bits per heavy atom. The molecule has 0 saturated carbocycles. The van der Waals surface area contributed by atoms with Gasteiger partial charge in [-0.2, -0.15) is 0 Å². The maximum atomic E-state index is 6.42. The van der Waals surface area contributed by atoms with E-state index in [0.29, 0.717) is 15.1 Å². The van der Waals surface area contributed by atoms with Crippen molar-refractivity contribution in [1.82, 2.24) is 0 Å². The normalized spacial score (nSPS) is 12.5. The molecule has 0 aliphatic rings. The molecule has 2 aromatic carbocycles. The molecule has 2 aromatic rings. The van der Waals surface area contributed by atoms with Crippen LogP contribution in [0, 0.1) is 0 Å². The predicted molar refractivity (Wildman–Crippen MR) is 83.3 cm³/mol. The van der Waals surface area contributed by atoms with E-state index in [4.69, 9.17) is 46.4 Å². The Bertz CT molecular complexity index is 532. The van der Waals surface area contributed by atoms with Crippen LogP contribution in [-0.2, 0) is 0 Å². The highest BCUT2D eigenvalue weighted by atomic mass is 79.9. The van der Waals surface area contributed by atoms with Crippen molar-refractivity contribution in [3.05, 3.63) is 67.1 Å². The van der Waals surface area contributed by atoms with Gasteiger partial charge in [-0.3, -0.25) is 0 Å². The van der Waals surface area contributed by atoms with Crippen molar-refractivity contribution in [2.24, 2.45) is 0 Å². The van der Waals surface area contributed by atoms with Crippen molar-refractivity contribution in [2.75, 3.05) is 0 Å². The third-order valence-corrected chi connectivity index (χ3v) is 4.32. The smallest absolute Gasteiger partial charge is 0.0864 e. The molecule has 0 fully saturated rings. The van der Waals surface area contributed by atoms with Gasteiger partial charge in [0.25, 0.3) is 0 Å². The Balaban J connectivity index is 2.44. The molecular formula is C13H7BrCl4. The van der Waals surface area contributed by atoms with Crippen molar-refractivity contribution in [2.45, 2.75) is 5.38 Å². The molecule has 0 N–H and O–H groups in total. The SMILES string of the molecule is Clc1ccc(C(Cl)c2ccc(Br)cc2Cl)c(Cl)c1. The molecule has 0 nitrogen and oxygen atoms in total. The van der Waals surface area contributed by atoms with Crippen LogP contribution in [-0.4, -0.2) is 0 Å². The molecule has 0 bridgehead atoms. The average Bonchev–Trinajstić information content (AvgIpc) is 2.28. The predicted octanol–water partition coefficient (Wildman–Crippen LogP) is 6.74. The molecule has 0 radical (unpaired) electrons. The second-order valence-electron chi connectivity index (χ2n) is 3.69. The third-order valence-electron chi connectivity index (χ3n) is 2.47. The summed E-state index contributed by atoms with van der Waals surface area (Å²) in [7, 11) is 0. The van der Waals surface area contributed by atoms with Gasteiger partial charge < -0.3 is 0 Å². The van der Waals surface area contributed by atoms with E-state index in [-0.39, 0.29) is 0 Å². The second-order valence-corrected chi connectivity index (χ2v) is 6.30. The third kappa shape index (κ3) is 3.15. The first-order valence-electron chi connectivity index (χ1n) is 5.03. The van der Waals surface area contributed by atoms with Crippen LogP contribution < -0.4 is 0 Å². The van der Waals surface area contributed by atoms with Crippen LogP contribution in [0.15, 0.2) is 40.9 Å². The fourth-order valence-electron chi connectivity index (χ4n) is 1.58. The van der Waals surface area contributed by atoms with Crippen molar-refractivity contribution in [3.8, 4) is 0 Å². The lowest BCUT2D eigenvalue weighted by Crippen LogP contribution is -1.95. The van der Waals surface area contributed by atoms with Gasteiger partial charge in [0.2, 0.25) is 0 Å². The fraction of sp³-hybridized carbons (Fsp3) is 0.0769. The Kier molecular flexibility index (Phi) is 4.85. The zero-order chi connectivity index (χ0) is 13.3. The van der Waals surface area contributed by atoms with Gasteiger partial charge in [0.1, 0.15) is 0 Å². The summed E-state index contributed by atoms with van der Waals surface area (Å²) in [6.07, 6.45) is 0. The van der Waals surface area contributed by atoms with Gasteiger partial charge in [0.15, 0.2) is 0 Å². The van der Waals surface area contributed by atoms with Crippen LogP contribution in [0.2, 0.25) is 15.1 Å². The van der Waals surface area contributed by atoms with Gasteiger partial charge in [0, 0.05) is 19.5 Å². The molecule has 0 amide bonds. The van der Waals surface area contributed by atoms with E-state index in [1.54, 1.807) is 24.3 Å². The number of alkyl halides is 1. The molecule has 0 aliphatic heterocycles. The van der Waals surface area contributed by atoms with Crippen molar-refractivity contribution < 1.29 is 0 Å². The molecule has 1 unspecified atom stereocenters. The minimum absolute atomic E-state index is 0.407. The van der Waals surface area contributed by atoms with Crippen molar-refractivity contribution in [1.29, 1.82) is 0 Å². The molecule has 94 valence electrons. The summed E-state index contributed by atoms with van der Waals surface area (Å²) in [6, 6.07) is 10.8. The topological polar surface area (TPSA) is 0 Å². The van der Waals surface area contributed by atoms with Gasteiger partial charge in [-0.15, -0.1) is 11.6 Å². The highest BCUT2D eigenvalue weighted by Crippen LogP contribution is 2.38. The van der Waals surface area contributed by atoms with E-state index in [1.807, 2.05) is 12.1 Å². The number of benzene rings is 2. The van der Waals surface area contributed by atoms with Crippen LogP contribution in [0.25, 0.3) is 0 Å². The van der Waals surface area contributed by atoms with E-state index in [1.165, 1.54) is 0 Å². The fourth-order valence-corrected chi connectivity index (χ4v) is 3.37. The summed E-state index contributed by atoms with van der Waals surface area (Å²) in [5.41, 5.74) is 1.60. The largest absolute Gasteiger partial charge is 0.112 e. The summed E-state index contributed by atoms with van der Waals surface area (Å²) < 4.78 is 0.905. The van der Waals surface area contributed by atoms with Crippen molar-refractivity contribution >= 4 is 62.3 Å². The monoisotopic (exact) mass is 382 g/mol. The number of rotatable bonds is 2. The van der Waals surface area contributed by atoms with Crippen molar-refractivity contribution in [3.63, 3.8) is 0 Å². The Labute approximate surface area is 134 Å². The van der Waals surface area contributed by atoms with E-state index in [9.17, 15) is 0 Å². The lowest BCUT2D eigenvalue weighted by molar-refractivity contribution is 1.14. The lowest BCUT2D eigenvalue weighted by atomic mass is 10.0. The number of hydrogen-bond donors (Lipinski definition) is 0. The maximum Gasteiger partial charge on any atom is 0.0864 e. The van der Waals surface area contributed by atoms with Gasteiger partial charge in [-0.05, 0) is 35.4 Å². The van der Waals surface area contributed by atoms with E-state index in [0.717, 1.165) is 15.6 Å². The summed E-state index contributed by atoms with van der Waals surface area (Å²) in [5.74, 6) is 0. The molecule has 0 saturated heterocycles. The van der Waals surface area contributed by atoms with Crippen LogP contribution in [0.5, 0.6) is 0 Å². The first kappa shape index (κ1) is 14.5. The first-order chi connectivity index (χ1) is 8.49. The zero-order valence-corrected chi connectivity index (χ0v) is 13.5. The zero-order valence-electron chi connectivity index (χ0n) is 8.93. The van der Waals surface area contributed by atoms with E-state index in [2.05, 4.69) is 15.9 Å². The molecule has 5 heteroatoms. The minimum Gasteiger partial charge on any atom is -0.112 e. The van der Waals surface area contributed by atoms with Gasteiger partial charge in [0.05, 0.1) is 5.38 Å². The molecule has 0 heterocycles. The van der Waals surface area contributed by atoms with E-state index < -0.39 is 5.38 Å². The highest BCUT2D eigenvalue weighted by Gasteiger charge is 2.17. The maximum absolute atomic E-state index is 6.42. The Morgan fingerprint density at radius 3 is 1.94 bits per heavy atom. The molecule has 18 heavy (non-hydrogen) atoms. The number of hydrogen-bond acceptors (Lipinski definition) is 0. The highest BCUT2D eigenvalue weighted by molar-refractivity contribution is 9.10. The summed E-state index contributed by atoms with van der Waals surface area (Å²) >= 11 is 27.9. The summed E-state index contributed by atoms with van der Waals surface area (Å²) in [4.78, 5) is 0. The summed E-state index contributed by atoms with van der Waals surface area (Å²) in [6.45, 7) is 0. The number of halogens is 5. The second kappa shape index (κ2) is 6.02. The van der Waals surface area contributed by atoms with Crippen LogP contribution in [0.4, 0.5) is 0 Å². The lowest BCUT2D eigenvalue weighted by Gasteiger charge is -2.14. The van der Waals surface area contributed by atoms with Gasteiger partial charge in [-0.25, -0.2) is 0 Å². The molecule has 0 aliphatic carbocycles. The Hall–Kier alpha value is 0.0800. The van der Waals surface area contributed by atoms with Crippen LogP contribution in [0.1, 0.15) is 16.5 Å². The quantitative estimate of drug-likeness (QED) is 0.503. The van der Waals surface area contributed by atoms with Crippen LogP contribution in [0.3, 0.4) is 0 Å². The molecule has 0 aromatic heterocycles. The van der Waals surface area contributed by atoms with Gasteiger partial charge >= 0.3 is 0 Å². The van der Waals surface area contributed by atoms with Gasteiger partial charge in [-0.1, -0.05) is 62.9 Å². The Morgan fingerprint density at radius 1 is 0.833 bits per heavy atom. The van der Waals surface area contributed by atoms with Crippen LogP contribution >= 0.6 is 62.3 Å². The molecular weight excluding hydrogens is 378 g/mol. The molecule has 0 spiro atoms. The minimum atomic E-state index is -0.407.